The maximum Gasteiger partial charge on any atom is 0.321 e. The van der Waals surface area contributed by atoms with Gasteiger partial charge in [-0.25, -0.2) is 15.0 Å². The van der Waals surface area contributed by atoms with Crippen molar-refractivity contribution in [1.29, 1.82) is 0 Å². The molecular weight excluding hydrogens is 214 g/mol. The number of ether oxygens (including phenoxy) is 1. The zero-order valence-corrected chi connectivity index (χ0v) is 8.77. The van der Waals surface area contributed by atoms with Gasteiger partial charge in [0.05, 0.1) is 6.20 Å². The Kier molecular flexibility index (Phi) is 2.78. The van der Waals surface area contributed by atoms with Crippen LogP contribution >= 0.6 is 11.6 Å². The molecule has 0 aliphatic carbocycles. The maximum absolute atomic E-state index is 5.64. The minimum atomic E-state index is 0.296. The SMILES string of the molecule is Cc1cnc(Oc2ccc(Cl)nc2)nc1. The number of hydrogen-bond donors (Lipinski definition) is 0. The van der Waals surface area contributed by atoms with Gasteiger partial charge < -0.3 is 4.74 Å². The molecule has 0 aliphatic heterocycles. The average Bonchev–Trinajstić information content (AvgIpc) is 2.25. The van der Waals surface area contributed by atoms with Gasteiger partial charge in [-0.15, -0.1) is 0 Å². The molecule has 15 heavy (non-hydrogen) atoms. The summed E-state index contributed by atoms with van der Waals surface area (Å²) in [5.74, 6) is 0.559. The van der Waals surface area contributed by atoms with Crippen LogP contribution < -0.4 is 4.74 Å². The fourth-order valence-corrected chi connectivity index (χ4v) is 1.07. The molecule has 0 bridgehead atoms. The topological polar surface area (TPSA) is 47.9 Å². The van der Waals surface area contributed by atoms with Gasteiger partial charge in [-0.1, -0.05) is 11.6 Å². The summed E-state index contributed by atoms with van der Waals surface area (Å²) in [6.45, 7) is 1.91. The van der Waals surface area contributed by atoms with E-state index in [1.165, 1.54) is 6.20 Å². The van der Waals surface area contributed by atoms with Crippen LogP contribution in [-0.4, -0.2) is 15.0 Å². The predicted octanol–water partition coefficient (Wildman–Crippen LogP) is 2.63. The Hall–Kier alpha value is -1.68. The third-order valence-electron chi connectivity index (χ3n) is 1.67. The number of aromatic nitrogens is 3. The van der Waals surface area contributed by atoms with E-state index in [1.54, 1.807) is 24.5 Å². The Morgan fingerprint density at radius 1 is 1.07 bits per heavy atom. The molecule has 0 saturated heterocycles. The van der Waals surface area contributed by atoms with E-state index in [1.807, 2.05) is 6.92 Å². The van der Waals surface area contributed by atoms with E-state index in [-0.39, 0.29) is 0 Å². The van der Waals surface area contributed by atoms with E-state index >= 15 is 0 Å². The highest BCUT2D eigenvalue weighted by Crippen LogP contribution is 2.17. The average molecular weight is 222 g/mol. The second-order valence-electron chi connectivity index (χ2n) is 2.96. The van der Waals surface area contributed by atoms with Crippen LogP contribution in [-0.2, 0) is 0 Å². The Labute approximate surface area is 91.9 Å². The predicted molar refractivity (Wildman–Crippen MR) is 56.1 cm³/mol. The van der Waals surface area contributed by atoms with Gasteiger partial charge in [-0.3, -0.25) is 0 Å². The van der Waals surface area contributed by atoms with Gasteiger partial charge in [-0.2, -0.15) is 0 Å². The molecule has 5 heteroatoms. The fraction of sp³-hybridized carbons (Fsp3) is 0.100. The number of pyridine rings is 1. The largest absolute Gasteiger partial charge is 0.423 e. The highest BCUT2D eigenvalue weighted by Gasteiger charge is 1.99. The zero-order valence-electron chi connectivity index (χ0n) is 8.01. The van der Waals surface area contributed by atoms with Crippen LogP contribution in [0.1, 0.15) is 5.56 Å². The Balaban J connectivity index is 2.15. The summed E-state index contributed by atoms with van der Waals surface area (Å²) >= 11 is 5.64. The second kappa shape index (κ2) is 4.23. The van der Waals surface area contributed by atoms with Gasteiger partial charge in [0.25, 0.3) is 0 Å². The van der Waals surface area contributed by atoms with Crippen molar-refractivity contribution in [3.63, 3.8) is 0 Å². The summed E-state index contributed by atoms with van der Waals surface area (Å²) in [4.78, 5) is 11.9. The second-order valence-corrected chi connectivity index (χ2v) is 3.35. The smallest absolute Gasteiger partial charge is 0.321 e. The summed E-state index contributed by atoms with van der Waals surface area (Å²) in [5.41, 5.74) is 0.983. The lowest BCUT2D eigenvalue weighted by Crippen LogP contribution is -1.92. The van der Waals surface area contributed by atoms with E-state index in [2.05, 4.69) is 15.0 Å². The lowest BCUT2D eigenvalue weighted by atomic mass is 10.4. The van der Waals surface area contributed by atoms with Crippen molar-refractivity contribution in [3.8, 4) is 11.8 Å². The molecule has 0 saturated carbocycles. The van der Waals surface area contributed by atoms with E-state index in [9.17, 15) is 0 Å². The van der Waals surface area contributed by atoms with Crippen molar-refractivity contribution in [2.45, 2.75) is 6.92 Å². The lowest BCUT2D eigenvalue weighted by molar-refractivity contribution is 0.439. The van der Waals surface area contributed by atoms with Crippen LogP contribution in [0.2, 0.25) is 5.15 Å². The van der Waals surface area contributed by atoms with Crippen molar-refractivity contribution in [2.24, 2.45) is 0 Å². The van der Waals surface area contributed by atoms with E-state index < -0.39 is 0 Å². The molecule has 2 aromatic heterocycles. The Morgan fingerprint density at radius 2 is 1.80 bits per heavy atom. The van der Waals surface area contributed by atoms with Crippen molar-refractivity contribution in [1.82, 2.24) is 15.0 Å². The molecule has 4 nitrogen and oxygen atoms in total. The number of halogens is 1. The lowest BCUT2D eigenvalue weighted by Gasteiger charge is -2.02. The van der Waals surface area contributed by atoms with Crippen LogP contribution in [0.15, 0.2) is 30.7 Å². The summed E-state index contributed by atoms with van der Waals surface area (Å²) in [7, 11) is 0. The molecule has 0 aromatic carbocycles. The zero-order chi connectivity index (χ0) is 10.7. The first-order valence-electron chi connectivity index (χ1n) is 4.32. The van der Waals surface area contributed by atoms with E-state index in [0.717, 1.165) is 5.56 Å². The van der Waals surface area contributed by atoms with Crippen molar-refractivity contribution in [3.05, 3.63) is 41.4 Å². The Bertz CT molecular complexity index is 398. The molecule has 2 heterocycles. The first kappa shape index (κ1) is 9.86. The number of nitrogens with zero attached hydrogens (tertiary/aromatic N) is 3. The van der Waals surface area contributed by atoms with Gasteiger partial charge >= 0.3 is 6.01 Å². The molecule has 0 atom stereocenters. The number of rotatable bonds is 2. The van der Waals surface area contributed by atoms with Crippen molar-refractivity contribution < 1.29 is 4.74 Å². The maximum atomic E-state index is 5.64. The highest BCUT2D eigenvalue weighted by molar-refractivity contribution is 6.29. The summed E-state index contributed by atoms with van der Waals surface area (Å²) in [6.07, 6.45) is 4.89. The van der Waals surface area contributed by atoms with Crippen LogP contribution in [0.5, 0.6) is 11.8 Å². The minimum Gasteiger partial charge on any atom is -0.423 e. The molecule has 0 unspecified atom stereocenters. The molecule has 76 valence electrons. The monoisotopic (exact) mass is 221 g/mol. The van der Waals surface area contributed by atoms with Crippen LogP contribution in [0.25, 0.3) is 0 Å². The Morgan fingerprint density at radius 3 is 2.40 bits per heavy atom. The summed E-state index contributed by atoms with van der Waals surface area (Å²) < 4.78 is 5.34. The van der Waals surface area contributed by atoms with Gasteiger partial charge in [0.15, 0.2) is 0 Å². The van der Waals surface area contributed by atoms with Gasteiger partial charge in [-0.05, 0) is 24.6 Å². The minimum absolute atomic E-state index is 0.296. The normalized spacial score (nSPS) is 10.0. The first-order chi connectivity index (χ1) is 7.24. The molecular formula is C10H8ClN3O. The molecule has 0 fully saturated rings. The van der Waals surface area contributed by atoms with Crippen molar-refractivity contribution in [2.75, 3.05) is 0 Å². The first-order valence-corrected chi connectivity index (χ1v) is 4.70. The summed E-state index contributed by atoms with van der Waals surface area (Å²) in [5, 5.41) is 0.423. The fourth-order valence-electron chi connectivity index (χ4n) is 0.961. The highest BCUT2D eigenvalue weighted by atomic mass is 35.5. The van der Waals surface area contributed by atoms with Gasteiger partial charge in [0.2, 0.25) is 0 Å². The molecule has 2 aromatic rings. The molecule has 0 amide bonds. The standard InChI is InChI=1S/C10H8ClN3O/c1-7-4-13-10(14-5-7)15-8-2-3-9(11)12-6-8/h2-6H,1H3. The number of hydrogen-bond acceptors (Lipinski definition) is 4. The third-order valence-corrected chi connectivity index (χ3v) is 1.89. The van der Waals surface area contributed by atoms with E-state index in [4.69, 9.17) is 16.3 Å². The molecule has 0 radical (unpaired) electrons. The van der Waals surface area contributed by atoms with Crippen LogP contribution in [0, 0.1) is 6.92 Å². The van der Waals surface area contributed by atoms with Gasteiger partial charge in [0.1, 0.15) is 10.9 Å². The molecule has 0 aliphatic rings. The third kappa shape index (κ3) is 2.63. The molecule has 2 rings (SSSR count). The number of aryl methyl sites for hydroxylation is 1. The molecule has 0 N–H and O–H groups in total. The van der Waals surface area contributed by atoms with Crippen LogP contribution in [0.4, 0.5) is 0 Å². The van der Waals surface area contributed by atoms with Crippen molar-refractivity contribution >= 4 is 11.6 Å². The quantitative estimate of drug-likeness (QED) is 0.732. The summed E-state index contributed by atoms with van der Waals surface area (Å²) in [6, 6.07) is 3.65. The molecule has 0 spiro atoms. The van der Waals surface area contributed by atoms with E-state index in [0.29, 0.717) is 16.9 Å². The van der Waals surface area contributed by atoms with Gasteiger partial charge in [0, 0.05) is 12.4 Å². The van der Waals surface area contributed by atoms with Crippen LogP contribution in [0.3, 0.4) is 0 Å².